The van der Waals surface area contributed by atoms with Gasteiger partial charge in [-0.1, -0.05) is 70.5 Å². The second-order valence-corrected chi connectivity index (χ2v) is 10.1. The molecule has 0 bridgehead atoms. The standard InChI is InChI=1S/C26H29N3O.C6H14O/c1-3-12-26(13-14-26)30-23-10-8-20(9-11-23)22-16-27-25-24(17-28-29(25)18-22)21-7-5-6-19(4-2)15-21;1-3-5-7-6-4-2/h5-11,15,17-18,27H,3-4,12-14,16H2,1-2H3;3-6H2,1-2H3. The second kappa shape index (κ2) is 13.0. The van der Waals surface area contributed by atoms with Gasteiger partial charge in [0.1, 0.15) is 17.2 Å². The summed E-state index contributed by atoms with van der Waals surface area (Å²) in [5.41, 5.74) is 6.23. The molecule has 0 amide bonds. The smallest absolute Gasteiger partial charge is 0.137 e. The van der Waals surface area contributed by atoms with Gasteiger partial charge in [0, 0.05) is 31.5 Å². The Balaban J connectivity index is 0.000000405. The van der Waals surface area contributed by atoms with E-state index in [4.69, 9.17) is 9.47 Å². The normalized spacial score (nSPS) is 15.1. The molecular formula is C32H43N3O2. The summed E-state index contributed by atoms with van der Waals surface area (Å²) < 4.78 is 13.4. The summed E-state index contributed by atoms with van der Waals surface area (Å²) in [6.45, 7) is 11.3. The Hall–Kier alpha value is -3.05. The lowest BCUT2D eigenvalue weighted by atomic mass is 10.0. The van der Waals surface area contributed by atoms with Crippen LogP contribution >= 0.6 is 0 Å². The maximum atomic E-state index is 6.27. The van der Waals surface area contributed by atoms with Crippen molar-refractivity contribution < 1.29 is 9.47 Å². The quantitative estimate of drug-likeness (QED) is 0.270. The number of hydrogen-bond donors (Lipinski definition) is 1. The van der Waals surface area contributed by atoms with E-state index in [0.717, 1.165) is 62.6 Å². The van der Waals surface area contributed by atoms with Crippen LogP contribution in [0, 0.1) is 0 Å². The van der Waals surface area contributed by atoms with E-state index in [0.29, 0.717) is 0 Å². The molecule has 5 rings (SSSR count). The third-order valence-electron chi connectivity index (χ3n) is 6.94. The van der Waals surface area contributed by atoms with Gasteiger partial charge in [-0.15, -0.1) is 0 Å². The molecule has 0 saturated heterocycles. The zero-order valence-corrected chi connectivity index (χ0v) is 23.1. The number of aromatic nitrogens is 2. The topological polar surface area (TPSA) is 48.3 Å². The molecule has 0 spiro atoms. The van der Waals surface area contributed by atoms with Crippen molar-refractivity contribution in [1.29, 1.82) is 0 Å². The summed E-state index contributed by atoms with van der Waals surface area (Å²) in [6.07, 6.45) is 12.1. The minimum atomic E-state index is 0.109. The first-order valence-corrected chi connectivity index (χ1v) is 14.1. The molecule has 1 N–H and O–H groups in total. The first kappa shape index (κ1) is 27.0. The minimum Gasteiger partial charge on any atom is -0.487 e. The molecule has 2 heterocycles. The average molecular weight is 502 g/mol. The lowest BCUT2D eigenvalue weighted by Crippen LogP contribution is -2.17. The van der Waals surface area contributed by atoms with Gasteiger partial charge in [0.25, 0.3) is 0 Å². The summed E-state index contributed by atoms with van der Waals surface area (Å²) >= 11 is 0. The van der Waals surface area contributed by atoms with Crippen LogP contribution in [0.3, 0.4) is 0 Å². The van der Waals surface area contributed by atoms with E-state index in [1.807, 2.05) is 10.9 Å². The summed E-state index contributed by atoms with van der Waals surface area (Å²) in [5, 5.41) is 8.19. The molecule has 5 nitrogen and oxygen atoms in total. The van der Waals surface area contributed by atoms with Gasteiger partial charge < -0.3 is 14.8 Å². The predicted octanol–water partition coefficient (Wildman–Crippen LogP) is 8.07. The highest BCUT2D eigenvalue weighted by atomic mass is 16.5. The largest absolute Gasteiger partial charge is 0.487 e. The van der Waals surface area contributed by atoms with Gasteiger partial charge in [-0.25, -0.2) is 4.68 Å². The summed E-state index contributed by atoms with van der Waals surface area (Å²) in [5.74, 6) is 2.04. The third kappa shape index (κ3) is 7.04. The van der Waals surface area contributed by atoms with Gasteiger partial charge in [-0.3, -0.25) is 0 Å². The summed E-state index contributed by atoms with van der Waals surface area (Å²) in [4.78, 5) is 0. The van der Waals surface area contributed by atoms with Crippen LogP contribution in [0.25, 0.3) is 22.9 Å². The third-order valence-corrected chi connectivity index (χ3v) is 6.94. The molecule has 198 valence electrons. The Bertz CT molecular complexity index is 1160. The number of fused-ring (bicyclic) bond motifs is 1. The number of benzene rings is 2. The molecule has 1 saturated carbocycles. The first-order valence-electron chi connectivity index (χ1n) is 14.1. The number of rotatable bonds is 11. The van der Waals surface area contributed by atoms with Crippen molar-refractivity contribution in [2.75, 3.05) is 25.1 Å². The van der Waals surface area contributed by atoms with Gasteiger partial charge in [-0.2, -0.15) is 5.10 Å². The molecule has 1 aliphatic heterocycles. The van der Waals surface area contributed by atoms with Crippen LogP contribution < -0.4 is 10.1 Å². The minimum absolute atomic E-state index is 0.109. The zero-order chi connectivity index (χ0) is 26.1. The second-order valence-electron chi connectivity index (χ2n) is 10.1. The predicted molar refractivity (Wildman–Crippen MR) is 155 cm³/mol. The Kier molecular flexibility index (Phi) is 9.45. The lowest BCUT2D eigenvalue weighted by Gasteiger charge is -2.20. The number of ether oxygens (including phenoxy) is 2. The van der Waals surface area contributed by atoms with E-state index in [-0.39, 0.29) is 5.60 Å². The van der Waals surface area contributed by atoms with E-state index >= 15 is 0 Å². The maximum Gasteiger partial charge on any atom is 0.137 e. The van der Waals surface area contributed by atoms with E-state index in [2.05, 4.69) is 92.8 Å². The number of aryl methyl sites for hydroxylation is 1. The van der Waals surface area contributed by atoms with Crippen LogP contribution in [0.4, 0.5) is 5.82 Å². The SMILES string of the molecule is CCCC1(Oc2ccc(C3=Cn4ncc(-c5cccc(CC)c5)c4NC3)cc2)CC1.CCCOCCC. The molecule has 3 aromatic rings. The van der Waals surface area contributed by atoms with Gasteiger partial charge in [-0.05, 0) is 72.9 Å². The summed E-state index contributed by atoms with van der Waals surface area (Å²) in [7, 11) is 0. The van der Waals surface area contributed by atoms with Gasteiger partial charge in [0.15, 0.2) is 0 Å². The molecule has 1 fully saturated rings. The van der Waals surface area contributed by atoms with Gasteiger partial charge >= 0.3 is 0 Å². The van der Waals surface area contributed by atoms with E-state index in [1.165, 1.54) is 41.5 Å². The zero-order valence-electron chi connectivity index (χ0n) is 23.1. The molecule has 0 unspecified atom stereocenters. The van der Waals surface area contributed by atoms with Crippen molar-refractivity contribution in [3.63, 3.8) is 0 Å². The summed E-state index contributed by atoms with van der Waals surface area (Å²) in [6, 6.07) is 17.2. The van der Waals surface area contributed by atoms with Crippen molar-refractivity contribution in [3.8, 4) is 16.9 Å². The number of hydrogen-bond acceptors (Lipinski definition) is 4. The fourth-order valence-electron chi connectivity index (χ4n) is 4.73. The van der Waals surface area contributed by atoms with Crippen LogP contribution in [0.1, 0.15) is 77.3 Å². The van der Waals surface area contributed by atoms with E-state index < -0.39 is 0 Å². The maximum absolute atomic E-state index is 6.27. The van der Waals surface area contributed by atoms with Crippen molar-refractivity contribution in [2.24, 2.45) is 0 Å². The van der Waals surface area contributed by atoms with Gasteiger partial charge in [0.2, 0.25) is 0 Å². The monoisotopic (exact) mass is 501 g/mol. The van der Waals surface area contributed by atoms with Gasteiger partial charge in [0.05, 0.1) is 6.20 Å². The number of nitrogens with one attached hydrogen (secondary N) is 1. The Morgan fingerprint density at radius 3 is 2.32 bits per heavy atom. The number of anilines is 1. The van der Waals surface area contributed by atoms with E-state index in [9.17, 15) is 0 Å². The van der Waals surface area contributed by atoms with Crippen LogP contribution in [-0.4, -0.2) is 35.1 Å². The highest BCUT2D eigenvalue weighted by Crippen LogP contribution is 2.44. The lowest BCUT2D eigenvalue weighted by molar-refractivity contribution is 0.135. The van der Waals surface area contributed by atoms with Crippen molar-refractivity contribution in [2.45, 2.75) is 78.2 Å². The fraction of sp³-hybridized carbons (Fsp3) is 0.469. The Morgan fingerprint density at radius 2 is 1.68 bits per heavy atom. The fourth-order valence-corrected chi connectivity index (χ4v) is 4.73. The molecular weight excluding hydrogens is 458 g/mol. The van der Waals surface area contributed by atoms with Crippen LogP contribution in [0.2, 0.25) is 0 Å². The van der Waals surface area contributed by atoms with Crippen LogP contribution in [-0.2, 0) is 11.2 Å². The molecule has 2 aliphatic rings. The molecule has 0 radical (unpaired) electrons. The molecule has 2 aromatic carbocycles. The Labute approximate surface area is 222 Å². The Morgan fingerprint density at radius 1 is 0.919 bits per heavy atom. The van der Waals surface area contributed by atoms with Crippen LogP contribution in [0.15, 0.2) is 54.7 Å². The number of nitrogens with zero attached hydrogens (tertiary/aromatic N) is 2. The highest BCUT2D eigenvalue weighted by Gasteiger charge is 2.44. The average Bonchev–Trinajstić information content (AvgIpc) is 3.55. The molecule has 0 atom stereocenters. The highest BCUT2D eigenvalue weighted by molar-refractivity contribution is 5.86. The molecule has 5 heteroatoms. The van der Waals surface area contributed by atoms with E-state index in [1.54, 1.807) is 0 Å². The van der Waals surface area contributed by atoms with Crippen LogP contribution in [0.5, 0.6) is 5.75 Å². The molecule has 1 aliphatic carbocycles. The van der Waals surface area contributed by atoms with Crippen molar-refractivity contribution in [3.05, 3.63) is 65.9 Å². The first-order chi connectivity index (χ1) is 18.1. The van der Waals surface area contributed by atoms with Crippen molar-refractivity contribution in [1.82, 2.24) is 9.78 Å². The van der Waals surface area contributed by atoms with Crippen molar-refractivity contribution >= 4 is 17.6 Å². The molecule has 37 heavy (non-hydrogen) atoms. The molecule has 1 aromatic heterocycles.